The van der Waals surface area contributed by atoms with Crippen LogP contribution in [-0.2, 0) is 11.2 Å². The molecule has 0 aromatic carbocycles. The Bertz CT molecular complexity index is 602. The Kier molecular flexibility index (Phi) is 3.61. The third-order valence-electron chi connectivity index (χ3n) is 5.45. The first-order chi connectivity index (χ1) is 10.7. The van der Waals surface area contributed by atoms with Crippen molar-refractivity contribution in [1.82, 2.24) is 9.97 Å². The molecule has 2 fully saturated rings. The predicted octanol–water partition coefficient (Wildman–Crippen LogP) is 1.13. The molecule has 22 heavy (non-hydrogen) atoms. The number of hydrogen-bond donors (Lipinski definition) is 1. The number of thioether (sulfide) groups is 1. The van der Waals surface area contributed by atoms with E-state index >= 15 is 0 Å². The average molecular weight is 319 g/mol. The van der Waals surface area contributed by atoms with E-state index in [0.717, 1.165) is 42.3 Å². The molecule has 1 spiro atoms. The Labute approximate surface area is 135 Å². The predicted molar refractivity (Wildman–Crippen MR) is 86.0 cm³/mol. The van der Waals surface area contributed by atoms with Gasteiger partial charge in [0.15, 0.2) is 10.7 Å². The minimum atomic E-state index is -0.360. The molecule has 1 aromatic heterocycles. The molecular formula is C16H23N4OS+. The number of amides is 1. The summed E-state index contributed by atoms with van der Waals surface area (Å²) in [5.74, 6) is 1.35. The molecule has 118 valence electrons. The number of quaternary nitrogens is 1. The number of carbonyl (C=O) groups is 1. The number of carbonyl (C=O) groups excluding carboxylic acids is 1. The lowest BCUT2D eigenvalue weighted by Crippen LogP contribution is -2.96. The largest absolute Gasteiger partial charge is 0.336 e. The van der Waals surface area contributed by atoms with Crippen molar-refractivity contribution in [2.45, 2.75) is 61.7 Å². The zero-order chi connectivity index (χ0) is 15.2. The molecule has 5 nitrogen and oxygen atoms in total. The lowest BCUT2D eigenvalue weighted by atomic mass is 9.84. The highest BCUT2D eigenvalue weighted by Crippen LogP contribution is 2.45. The highest BCUT2D eigenvalue weighted by Gasteiger charge is 2.56. The van der Waals surface area contributed by atoms with Crippen LogP contribution in [0.5, 0.6) is 0 Å². The van der Waals surface area contributed by atoms with Gasteiger partial charge in [-0.2, -0.15) is 0 Å². The molecular weight excluding hydrogens is 296 g/mol. The Balaban J connectivity index is 1.81. The first-order valence-corrected chi connectivity index (χ1v) is 9.54. The van der Waals surface area contributed by atoms with Gasteiger partial charge in [-0.1, -0.05) is 24.6 Å². The van der Waals surface area contributed by atoms with Crippen LogP contribution in [0.2, 0.25) is 0 Å². The molecule has 3 heterocycles. The van der Waals surface area contributed by atoms with Gasteiger partial charge in [0.2, 0.25) is 0 Å². The highest BCUT2D eigenvalue weighted by atomic mass is 32.2. The Hall–Kier alpha value is -1.14. The van der Waals surface area contributed by atoms with Crippen LogP contribution in [0.25, 0.3) is 0 Å². The zero-order valence-electron chi connectivity index (χ0n) is 13.0. The Morgan fingerprint density at radius 1 is 1.36 bits per heavy atom. The molecule has 1 saturated heterocycles. The summed E-state index contributed by atoms with van der Waals surface area (Å²) in [5.41, 5.74) is 0.801. The van der Waals surface area contributed by atoms with Crippen molar-refractivity contribution in [2.75, 3.05) is 17.7 Å². The van der Waals surface area contributed by atoms with Crippen LogP contribution in [0.1, 0.15) is 44.1 Å². The van der Waals surface area contributed by atoms with Crippen molar-refractivity contribution in [1.29, 1.82) is 0 Å². The quantitative estimate of drug-likeness (QED) is 0.654. The second-order valence-electron chi connectivity index (χ2n) is 6.68. The van der Waals surface area contributed by atoms with Crippen LogP contribution in [0, 0.1) is 0 Å². The molecule has 1 aliphatic carbocycles. The molecule has 3 aliphatic rings. The van der Waals surface area contributed by atoms with Gasteiger partial charge in [-0.05, 0) is 31.9 Å². The van der Waals surface area contributed by atoms with Gasteiger partial charge < -0.3 is 4.90 Å². The van der Waals surface area contributed by atoms with Crippen molar-refractivity contribution in [2.24, 2.45) is 0 Å². The average Bonchev–Trinajstić information content (AvgIpc) is 3.15. The van der Waals surface area contributed by atoms with Crippen LogP contribution in [0.15, 0.2) is 11.4 Å². The van der Waals surface area contributed by atoms with Crippen molar-refractivity contribution in [3.05, 3.63) is 11.8 Å². The number of hydrogen-bond acceptors (Lipinski definition) is 5. The van der Waals surface area contributed by atoms with Crippen LogP contribution in [0.4, 0.5) is 5.82 Å². The van der Waals surface area contributed by atoms with Crippen LogP contribution in [-0.4, -0.2) is 40.3 Å². The van der Waals surface area contributed by atoms with Gasteiger partial charge in [0, 0.05) is 24.2 Å². The van der Waals surface area contributed by atoms with Crippen molar-refractivity contribution in [3.63, 3.8) is 0 Å². The van der Waals surface area contributed by atoms with Crippen LogP contribution < -0.4 is 10.2 Å². The molecule has 1 saturated carbocycles. The molecule has 6 heteroatoms. The number of piperidine rings is 1. The molecule has 0 radical (unpaired) electrons. The maximum absolute atomic E-state index is 12.9. The summed E-state index contributed by atoms with van der Waals surface area (Å²) in [5, 5.41) is 2.73. The lowest BCUT2D eigenvalue weighted by molar-refractivity contribution is -0.579. The number of primary amides is 1. The van der Waals surface area contributed by atoms with E-state index in [-0.39, 0.29) is 5.54 Å². The number of anilines is 1. The third-order valence-corrected chi connectivity index (χ3v) is 6.01. The maximum atomic E-state index is 12.9. The van der Waals surface area contributed by atoms with E-state index in [1.165, 1.54) is 25.7 Å². The van der Waals surface area contributed by atoms with Gasteiger partial charge in [-0.25, -0.2) is 14.8 Å². The summed E-state index contributed by atoms with van der Waals surface area (Å²) < 4.78 is 0. The highest BCUT2D eigenvalue weighted by molar-refractivity contribution is 7.98. The number of rotatable bonds is 2. The maximum Gasteiger partial charge on any atom is 0.336 e. The minimum absolute atomic E-state index is 0.314. The number of nitrogens with zero attached hydrogens (tertiary/aromatic N) is 3. The fourth-order valence-electron chi connectivity index (χ4n) is 4.46. The summed E-state index contributed by atoms with van der Waals surface area (Å²) in [4.78, 5) is 24.5. The fraction of sp³-hybridized carbons (Fsp3) is 0.688. The van der Waals surface area contributed by atoms with E-state index in [1.54, 1.807) is 11.8 Å². The lowest BCUT2D eigenvalue weighted by Gasteiger charge is -2.42. The molecule has 1 amide bonds. The summed E-state index contributed by atoms with van der Waals surface area (Å²) in [6.07, 6.45) is 11.7. The van der Waals surface area contributed by atoms with E-state index < -0.39 is 0 Å². The van der Waals surface area contributed by atoms with Gasteiger partial charge in [0.05, 0.1) is 6.54 Å². The third kappa shape index (κ3) is 2.07. The van der Waals surface area contributed by atoms with Gasteiger partial charge >= 0.3 is 5.91 Å². The zero-order valence-corrected chi connectivity index (χ0v) is 13.9. The number of fused-ring (bicyclic) bond motifs is 1. The summed E-state index contributed by atoms with van der Waals surface area (Å²) in [7, 11) is 0. The van der Waals surface area contributed by atoms with E-state index in [1.807, 2.05) is 17.8 Å². The second-order valence-corrected chi connectivity index (χ2v) is 7.46. The molecule has 1 atom stereocenters. The summed E-state index contributed by atoms with van der Waals surface area (Å²) >= 11 is 1.57. The monoisotopic (exact) mass is 319 g/mol. The van der Waals surface area contributed by atoms with Gasteiger partial charge in [0.1, 0.15) is 5.82 Å². The molecule has 2 aliphatic heterocycles. The van der Waals surface area contributed by atoms with Crippen LogP contribution in [0.3, 0.4) is 0 Å². The molecule has 0 bridgehead atoms. The van der Waals surface area contributed by atoms with Crippen molar-refractivity contribution < 1.29 is 10.1 Å². The first-order valence-electron chi connectivity index (χ1n) is 8.31. The van der Waals surface area contributed by atoms with Crippen molar-refractivity contribution >= 4 is 23.5 Å². The SMILES string of the molecule is CSc1ncc2c(n1)N(C1CCCC1)C1(CCC[NH2+]C1=O)C2. The van der Waals surface area contributed by atoms with Crippen LogP contribution >= 0.6 is 11.8 Å². The van der Waals surface area contributed by atoms with E-state index in [2.05, 4.69) is 9.88 Å². The first kappa shape index (κ1) is 14.5. The van der Waals surface area contributed by atoms with Gasteiger partial charge in [-0.15, -0.1) is 0 Å². The molecule has 1 unspecified atom stereocenters. The van der Waals surface area contributed by atoms with E-state index in [0.29, 0.717) is 11.9 Å². The smallest absolute Gasteiger partial charge is 0.335 e. The van der Waals surface area contributed by atoms with Gasteiger partial charge in [0.25, 0.3) is 0 Å². The van der Waals surface area contributed by atoms with E-state index in [4.69, 9.17) is 4.98 Å². The van der Waals surface area contributed by atoms with E-state index in [9.17, 15) is 4.79 Å². The second kappa shape index (κ2) is 5.49. The van der Waals surface area contributed by atoms with Crippen molar-refractivity contribution in [3.8, 4) is 0 Å². The Morgan fingerprint density at radius 2 is 2.18 bits per heavy atom. The minimum Gasteiger partial charge on any atom is -0.335 e. The topological polar surface area (TPSA) is 62.7 Å². The number of aromatic nitrogens is 2. The summed E-state index contributed by atoms with van der Waals surface area (Å²) in [6, 6.07) is 0.473. The molecule has 4 rings (SSSR count). The number of nitrogens with two attached hydrogens (primary N) is 1. The normalized spacial score (nSPS) is 28.6. The summed E-state index contributed by atoms with van der Waals surface area (Å²) in [6.45, 7) is 0.928. The molecule has 1 aromatic rings. The Morgan fingerprint density at radius 3 is 2.91 bits per heavy atom. The van der Waals surface area contributed by atoms with Gasteiger partial charge in [-0.3, -0.25) is 5.32 Å². The fourth-order valence-corrected chi connectivity index (χ4v) is 4.79. The molecule has 2 N–H and O–H groups in total. The standard InChI is InChI=1S/C16H22N4OS/c1-22-15-18-10-11-9-16(7-4-8-17-14(16)21)20(13(11)19-15)12-5-2-3-6-12/h10,12H,2-9H2,1H3,(H,17,21)/p+1.